The van der Waals surface area contributed by atoms with Gasteiger partial charge < -0.3 is 4.74 Å². The predicted octanol–water partition coefficient (Wildman–Crippen LogP) is 5.97. The average Bonchev–Trinajstić information content (AvgIpc) is 3.23. The molecule has 138 valence electrons. The SMILES string of the molecule is Cc1nc2ccc(NC(=O)OCC3c4ccccc4-c4ccccc43)cc2s1. The van der Waals surface area contributed by atoms with Gasteiger partial charge in [-0.15, -0.1) is 11.3 Å². The Morgan fingerprint density at radius 1 is 1.04 bits per heavy atom. The van der Waals surface area contributed by atoms with Crippen LogP contribution in [-0.4, -0.2) is 17.7 Å². The third-order valence-corrected chi connectivity index (χ3v) is 6.02. The van der Waals surface area contributed by atoms with E-state index in [0.29, 0.717) is 12.3 Å². The molecule has 0 bridgehead atoms. The molecule has 0 saturated carbocycles. The molecular formula is C23H18N2O2S. The summed E-state index contributed by atoms with van der Waals surface area (Å²) in [6.45, 7) is 2.28. The number of fused-ring (bicyclic) bond motifs is 4. The molecular weight excluding hydrogens is 368 g/mol. The molecule has 0 saturated heterocycles. The molecule has 0 atom stereocenters. The fraction of sp³-hybridized carbons (Fsp3) is 0.130. The topological polar surface area (TPSA) is 51.2 Å². The molecule has 5 rings (SSSR count). The highest BCUT2D eigenvalue weighted by atomic mass is 32.1. The van der Waals surface area contributed by atoms with Gasteiger partial charge in [0, 0.05) is 11.6 Å². The number of carbonyl (C=O) groups excluding carboxylic acids is 1. The van der Waals surface area contributed by atoms with E-state index < -0.39 is 6.09 Å². The molecule has 1 amide bonds. The molecule has 0 aliphatic heterocycles. The number of nitrogens with zero attached hydrogens (tertiary/aromatic N) is 1. The first kappa shape index (κ1) is 17.0. The predicted molar refractivity (Wildman–Crippen MR) is 113 cm³/mol. The molecule has 4 aromatic rings. The second-order valence-electron chi connectivity index (χ2n) is 6.87. The first-order valence-electron chi connectivity index (χ1n) is 9.18. The molecule has 1 N–H and O–H groups in total. The first-order chi connectivity index (χ1) is 13.7. The van der Waals surface area contributed by atoms with E-state index in [2.05, 4.69) is 34.6 Å². The molecule has 5 heteroatoms. The molecule has 1 aliphatic carbocycles. The van der Waals surface area contributed by atoms with E-state index in [4.69, 9.17) is 4.74 Å². The molecule has 0 unspecified atom stereocenters. The zero-order valence-electron chi connectivity index (χ0n) is 15.3. The Balaban J connectivity index is 1.32. The second-order valence-corrected chi connectivity index (χ2v) is 8.10. The summed E-state index contributed by atoms with van der Waals surface area (Å²) in [6.07, 6.45) is -0.442. The minimum absolute atomic E-state index is 0.0600. The first-order valence-corrected chi connectivity index (χ1v) is 10.00. The number of thiazole rings is 1. The van der Waals surface area contributed by atoms with Crippen molar-refractivity contribution in [1.29, 1.82) is 0 Å². The number of rotatable bonds is 3. The smallest absolute Gasteiger partial charge is 0.411 e. The summed E-state index contributed by atoms with van der Waals surface area (Å²) in [5.74, 6) is 0.0600. The number of hydrogen-bond donors (Lipinski definition) is 1. The maximum absolute atomic E-state index is 12.4. The number of aryl methyl sites for hydroxylation is 1. The summed E-state index contributed by atoms with van der Waals surface area (Å²) in [5, 5.41) is 3.84. The van der Waals surface area contributed by atoms with Gasteiger partial charge in [0.05, 0.1) is 15.2 Å². The number of benzene rings is 3. The van der Waals surface area contributed by atoms with E-state index in [1.165, 1.54) is 22.3 Å². The van der Waals surface area contributed by atoms with Crippen molar-refractivity contribution in [2.24, 2.45) is 0 Å². The van der Waals surface area contributed by atoms with Crippen LogP contribution in [0.15, 0.2) is 66.7 Å². The molecule has 3 aromatic carbocycles. The van der Waals surface area contributed by atoms with Gasteiger partial charge in [-0.05, 0) is 47.4 Å². The minimum Gasteiger partial charge on any atom is -0.448 e. The lowest BCUT2D eigenvalue weighted by Crippen LogP contribution is -2.17. The van der Waals surface area contributed by atoms with Crippen molar-refractivity contribution in [3.05, 3.63) is 82.9 Å². The standard InChI is InChI=1S/C23H18N2O2S/c1-14-24-21-11-10-15(12-22(21)28-14)25-23(26)27-13-20-18-8-4-2-6-16(18)17-7-3-5-9-19(17)20/h2-12,20H,13H2,1H3,(H,25,26). The summed E-state index contributed by atoms with van der Waals surface area (Å²) in [6, 6.07) is 22.3. The van der Waals surface area contributed by atoms with Crippen molar-refractivity contribution < 1.29 is 9.53 Å². The molecule has 1 aliphatic rings. The van der Waals surface area contributed by atoms with Crippen LogP contribution >= 0.6 is 11.3 Å². The highest BCUT2D eigenvalue weighted by Gasteiger charge is 2.28. The van der Waals surface area contributed by atoms with Crippen LogP contribution in [0.5, 0.6) is 0 Å². The number of nitrogens with one attached hydrogen (secondary N) is 1. The monoisotopic (exact) mass is 386 g/mol. The lowest BCUT2D eigenvalue weighted by atomic mass is 9.98. The quantitative estimate of drug-likeness (QED) is 0.472. The van der Waals surface area contributed by atoms with E-state index in [-0.39, 0.29) is 5.92 Å². The van der Waals surface area contributed by atoms with Crippen molar-refractivity contribution >= 4 is 33.3 Å². The van der Waals surface area contributed by atoms with E-state index in [0.717, 1.165) is 15.2 Å². The zero-order valence-corrected chi connectivity index (χ0v) is 16.1. The molecule has 0 spiro atoms. The van der Waals surface area contributed by atoms with Gasteiger partial charge in [-0.3, -0.25) is 5.32 Å². The van der Waals surface area contributed by atoms with Gasteiger partial charge in [-0.2, -0.15) is 0 Å². The number of hydrogen-bond acceptors (Lipinski definition) is 4. The van der Waals surface area contributed by atoms with Crippen molar-refractivity contribution in [2.45, 2.75) is 12.8 Å². The van der Waals surface area contributed by atoms with Gasteiger partial charge >= 0.3 is 6.09 Å². The Morgan fingerprint density at radius 2 is 1.71 bits per heavy atom. The van der Waals surface area contributed by atoms with Crippen LogP contribution in [0.3, 0.4) is 0 Å². The Labute approximate surface area is 166 Å². The maximum atomic E-state index is 12.4. The third kappa shape index (κ3) is 2.94. The van der Waals surface area contributed by atoms with Gasteiger partial charge in [0.25, 0.3) is 0 Å². The summed E-state index contributed by atoms with van der Waals surface area (Å²) in [7, 11) is 0. The Hall–Kier alpha value is -3.18. The molecule has 4 nitrogen and oxygen atoms in total. The summed E-state index contributed by atoms with van der Waals surface area (Å²) < 4.78 is 6.65. The minimum atomic E-state index is -0.442. The molecule has 0 fully saturated rings. The van der Waals surface area contributed by atoms with E-state index >= 15 is 0 Å². The zero-order chi connectivity index (χ0) is 19.1. The fourth-order valence-electron chi connectivity index (χ4n) is 3.87. The summed E-state index contributed by atoms with van der Waals surface area (Å²) >= 11 is 1.61. The van der Waals surface area contributed by atoms with Gasteiger partial charge in [-0.1, -0.05) is 48.5 Å². The van der Waals surface area contributed by atoms with Crippen molar-refractivity contribution in [2.75, 3.05) is 11.9 Å². The number of amides is 1. The van der Waals surface area contributed by atoms with Gasteiger partial charge in [0.15, 0.2) is 0 Å². The number of carbonyl (C=O) groups is 1. The van der Waals surface area contributed by atoms with Gasteiger partial charge in [0.2, 0.25) is 0 Å². The molecule has 1 aromatic heterocycles. The molecule has 1 heterocycles. The molecule has 28 heavy (non-hydrogen) atoms. The highest BCUT2D eigenvalue weighted by Crippen LogP contribution is 2.44. The van der Waals surface area contributed by atoms with Crippen LogP contribution in [0.4, 0.5) is 10.5 Å². The summed E-state index contributed by atoms with van der Waals surface area (Å²) in [4.78, 5) is 16.8. The van der Waals surface area contributed by atoms with Crippen LogP contribution in [0.1, 0.15) is 22.1 Å². The van der Waals surface area contributed by atoms with Crippen LogP contribution in [0.2, 0.25) is 0 Å². The fourth-order valence-corrected chi connectivity index (χ4v) is 4.74. The summed E-state index contributed by atoms with van der Waals surface area (Å²) in [5.41, 5.74) is 6.52. The normalized spacial score (nSPS) is 12.6. The highest BCUT2D eigenvalue weighted by molar-refractivity contribution is 7.18. The van der Waals surface area contributed by atoms with Crippen LogP contribution in [-0.2, 0) is 4.74 Å². The van der Waals surface area contributed by atoms with E-state index in [1.807, 2.05) is 49.4 Å². The van der Waals surface area contributed by atoms with Crippen LogP contribution in [0.25, 0.3) is 21.3 Å². The number of anilines is 1. The van der Waals surface area contributed by atoms with Crippen molar-refractivity contribution in [3.8, 4) is 11.1 Å². The van der Waals surface area contributed by atoms with Crippen molar-refractivity contribution in [1.82, 2.24) is 4.98 Å². The third-order valence-electron chi connectivity index (χ3n) is 5.09. The molecule has 0 radical (unpaired) electrons. The van der Waals surface area contributed by atoms with Gasteiger partial charge in [-0.25, -0.2) is 9.78 Å². The van der Waals surface area contributed by atoms with Crippen LogP contribution in [0, 0.1) is 6.92 Å². The van der Waals surface area contributed by atoms with Crippen molar-refractivity contribution in [3.63, 3.8) is 0 Å². The van der Waals surface area contributed by atoms with E-state index in [9.17, 15) is 4.79 Å². The van der Waals surface area contributed by atoms with E-state index in [1.54, 1.807) is 11.3 Å². The number of aromatic nitrogens is 1. The maximum Gasteiger partial charge on any atom is 0.411 e. The number of ether oxygens (including phenoxy) is 1. The average molecular weight is 386 g/mol. The largest absolute Gasteiger partial charge is 0.448 e. The van der Waals surface area contributed by atoms with Crippen LogP contribution < -0.4 is 5.32 Å². The Bertz CT molecular complexity index is 1150. The lowest BCUT2D eigenvalue weighted by molar-refractivity contribution is 0.158. The Morgan fingerprint density at radius 3 is 2.43 bits per heavy atom. The van der Waals surface area contributed by atoms with Gasteiger partial charge in [0.1, 0.15) is 6.61 Å². The second kappa shape index (κ2) is 6.77. The Kier molecular flexibility index (Phi) is 4.10. The lowest BCUT2D eigenvalue weighted by Gasteiger charge is -2.14.